The van der Waals surface area contributed by atoms with Gasteiger partial charge >= 0.3 is 5.97 Å². The Balaban J connectivity index is 1.96. The molecular weight excluding hydrogens is 406 g/mol. The van der Waals surface area contributed by atoms with E-state index in [2.05, 4.69) is 10.7 Å². The molecule has 0 radical (unpaired) electrons. The molecule has 3 aromatic rings. The number of hydrogen-bond acceptors (Lipinski definition) is 5. The molecule has 1 atom stereocenters. The number of ether oxygens (including phenoxy) is 1. The van der Waals surface area contributed by atoms with E-state index in [9.17, 15) is 14.4 Å². The highest BCUT2D eigenvalue weighted by Gasteiger charge is 2.22. The zero-order valence-electron chi connectivity index (χ0n) is 16.6. The SMILES string of the molecule is CNCCOC(=O)C(C)c1cc(=O)n(NC(=O)c2ccc(Cl)cc2)c2ccccc12. The summed E-state index contributed by atoms with van der Waals surface area (Å²) in [4.78, 5) is 37.8. The number of likely N-dealkylation sites (N-methyl/N-ethyl adjacent to an activating group) is 1. The van der Waals surface area contributed by atoms with Crippen molar-refractivity contribution in [2.45, 2.75) is 12.8 Å². The Morgan fingerprint density at radius 2 is 1.83 bits per heavy atom. The number of fused-ring (bicyclic) bond motifs is 1. The maximum atomic E-state index is 12.8. The van der Waals surface area contributed by atoms with Gasteiger partial charge in [-0.05, 0) is 49.9 Å². The van der Waals surface area contributed by atoms with E-state index in [4.69, 9.17) is 16.3 Å². The van der Waals surface area contributed by atoms with Gasteiger partial charge in [0.25, 0.3) is 11.5 Å². The largest absolute Gasteiger partial charge is 0.464 e. The molecular formula is C22H22ClN3O4. The second-order valence-corrected chi connectivity index (χ2v) is 7.17. The molecule has 3 rings (SSSR count). The summed E-state index contributed by atoms with van der Waals surface area (Å²) in [7, 11) is 1.77. The average Bonchev–Trinajstić information content (AvgIpc) is 2.75. The summed E-state index contributed by atoms with van der Waals surface area (Å²) >= 11 is 5.86. The summed E-state index contributed by atoms with van der Waals surface area (Å²) in [6.07, 6.45) is 0. The standard InChI is InChI=1S/C22H22ClN3O4/c1-14(22(29)30-12-11-24-2)18-13-20(27)26(19-6-4-3-5-17(18)19)25-21(28)15-7-9-16(23)10-8-15/h3-10,13-14,24H,11-12H2,1-2H3,(H,25,28). The monoisotopic (exact) mass is 427 g/mol. The number of aromatic nitrogens is 1. The molecule has 2 aromatic carbocycles. The normalized spacial score (nSPS) is 11.8. The van der Waals surface area contributed by atoms with E-state index >= 15 is 0 Å². The summed E-state index contributed by atoms with van der Waals surface area (Å²) in [5.74, 6) is -1.51. The number of benzene rings is 2. The third kappa shape index (κ3) is 4.69. The molecule has 2 N–H and O–H groups in total. The molecule has 0 aliphatic rings. The van der Waals surface area contributed by atoms with Crippen LogP contribution in [-0.2, 0) is 9.53 Å². The Morgan fingerprint density at radius 3 is 2.53 bits per heavy atom. The van der Waals surface area contributed by atoms with Crippen molar-refractivity contribution < 1.29 is 14.3 Å². The third-order valence-corrected chi connectivity index (χ3v) is 4.94. The van der Waals surface area contributed by atoms with Crippen LogP contribution in [0, 0.1) is 0 Å². The van der Waals surface area contributed by atoms with E-state index in [0.717, 1.165) is 0 Å². The Hall–Kier alpha value is -3.16. The number of hydrogen-bond donors (Lipinski definition) is 2. The maximum absolute atomic E-state index is 12.8. The molecule has 1 aromatic heterocycles. The number of para-hydroxylation sites is 1. The van der Waals surface area contributed by atoms with Crippen LogP contribution in [0.2, 0.25) is 5.02 Å². The van der Waals surface area contributed by atoms with Crippen LogP contribution in [0.15, 0.2) is 59.4 Å². The van der Waals surface area contributed by atoms with Crippen molar-refractivity contribution in [1.29, 1.82) is 0 Å². The maximum Gasteiger partial charge on any atom is 0.313 e. The fourth-order valence-electron chi connectivity index (χ4n) is 3.05. The lowest BCUT2D eigenvalue weighted by Crippen LogP contribution is -2.34. The summed E-state index contributed by atoms with van der Waals surface area (Å²) in [6.45, 7) is 2.48. The summed E-state index contributed by atoms with van der Waals surface area (Å²) < 4.78 is 6.43. The van der Waals surface area contributed by atoms with Gasteiger partial charge in [0.1, 0.15) is 6.61 Å². The van der Waals surface area contributed by atoms with Crippen LogP contribution in [0.4, 0.5) is 0 Å². The molecule has 30 heavy (non-hydrogen) atoms. The predicted molar refractivity (Wildman–Crippen MR) is 117 cm³/mol. The van der Waals surface area contributed by atoms with Crippen molar-refractivity contribution in [1.82, 2.24) is 9.99 Å². The Labute approximate surface area is 178 Å². The Morgan fingerprint density at radius 1 is 1.13 bits per heavy atom. The van der Waals surface area contributed by atoms with Gasteiger partial charge in [-0.2, -0.15) is 0 Å². The number of esters is 1. The predicted octanol–water partition coefficient (Wildman–Crippen LogP) is 2.90. The van der Waals surface area contributed by atoms with E-state index in [1.165, 1.54) is 10.7 Å². The molecule has 0 bridgehead atoms. The first kappa shape index (κ1) is 21.5. The number of nitrogens with one attached hydrogen (secondary N) is 2. The van der Waals surface area contributed by atoms with Gasteiger partial charge in [0.05, 0.1) is 11.4 Å². The molecule has 1 amide bonds. The second-order valence-electron chi connectivity index (χ2n) is 6.73. The van der Waals surface area contributed by atoms with Crippen LogP contribution in [-0.4, -0.2) is 36.8 Å². The first-order valence-electron chi connectivity index (χ1n) is 9.45. The highest BCUT2D eigenvalue weighted by atomic mass is 35.5. The summed E-state index contributed by atoms with van der Waals surface area (Å²) in [5, 5.41) is 4.09. The minimum absolute atomic E-state index is 0.242. The van der Waals surface area contributed by atoms with Crippen LogP contribution in [0.1, 0.15) is 28.8 Å². The molecule has 156 valence electrons. The van der Waals surface area contributed by atoms with E-state index in [1.54, 1.807) is 62.5 Å². The number of carbonyl (C=O) groups excluding carboxylic acids is 2. The average molecular weight is 428 g/mol. The number of pyridine rings is 1. The van der Waals surface area contributed by atoms with Crippen LogP contribution in [0.5, 0.6) is 0 Å². The van der Waals surface area contributed by atoms with Gasteiger partial charge in [0.2, 0.25) is 0 Å². The minimum atomic E-state index is -0.638. The topological polar surface area (TPSA) is 89.4 Å². The highest BCUT2D eigenvalue weighted by Crippen LogP contribution is 2.25. The van der Waals surface area contributed by atoms with Crippen molar-refractivity contribution >= 4 is 34.4 Å². The van der Waals surface area contributed by atoms with Crippen molar-refractivity contribution in [3.05, 3.63) is 81.1 Å². The molecule has 0 saturated carbocycles. The van der Waals surface area contributed by atoms with Gasteiger partial charge in [0.15, 0.2) is 0 Å². The van der Waals surface area contributed by atoms with Crippen LogP contribution in [0.25, 0.3) is 10.9 Å². The van der Waals surface area contributed by atoms with E-state index < -0.39 is 23.4 Å². The van der Waals surface area contributed by atoms with Crippen molar-refractivity contribution in [3.63, 3.8) is 0 Å². The zero-order valence-corrected chi connectivity index (χ0v) is 17.4. The van der Waals surface area contributed by atoms with E-state index in [0.29, 0.717) is 33.6 Å². The van der Waals surface area contributed by atoms with Gasteiger partial charge in [-0.1, -0.05) is 29.8 Å². The van der Waals surface area contributed by atoms with Crippen molar-refractivity contribution in [2.75, 3.05) is 25.6 Å². The smallest absolute Gasteiger partial charge is 0.313 e. The molecule has 1 unspecified atom stereocenters. The summed E-state index contributed by atoms with van der Waals surface area (Å²) in [5.41, 5.74) is 3.56. The summed E-state index contributed by atoms with van der Waals surface area (Å²) in [6, 6.07) is 14.8. The number of amides is 1. The molecule has 1 heterocycles. The quantitative estimate of drug-likeness (QED) is 0.447. The molecule has 0 fully saturated rings. The van der Waals surface area contributed by atoms with Gasteiger partial charge in [-0.3, -0.25) is 19.8 Å². The zero-order chi connectivity index (χ0) is 21.7. The molecule has 0 aliphatic carbocycles. The molecule has 0 saturated heterocycles. The number of carbonyl (C=O) groups is 2. The molecule has 7 nitrogen and oxygen atoms in total. The second kappa shape index (κ2) is 9.56. The Kier molecular flexibility index (Phi) is 6.87. The third-order valence-electron chi connectivity index (χ3n) is 4.69. The lowest BCUT2D eigenvalue weighted by Gasteiger charge is -2.17. The van der Waals surface area contributed by atoms with Gasteiger partial charge in [0, 0.05) is 28.6 Å². The van der Waals surface area contributed by atoms with Crippen LogP contribution >= 0.6 is 11.6 Å². The van der Waals surface area contributed by atoms with Crippen LogP contribution in [0.3, 0.4) is 0 Å². The minimum Gasteiger partial charge on any atom is -0.464 e. The van der Waals surface area contributed by atoms with Gasteiger partial charge in [-0.25, -0.2) is 4.68 Å². The van der Waals surface area contributed by atoms with Gasteiger partial charge in [-0.15, -0.1) is 0 Å². The fraction of sp³-hybridized carbons (Fsp3) is 0.227. The first-order chi connectivity index (χ1) is 14.4. The fourth-order valence-corrected chi connectivity index (χ4v) is 3.18. The number of halogens is 1. The lowest BCUT2D eigenvalue weighted by molar-refractivity contribution is -0.144. The molecule has 8 heteroatoms. The molecule has 0 aliphatic heterocycles. The van der Waals surface area contributed by atoms with E-state index in [1.807, 2.05) is 0 Å². The molecule has 0 spiro atoms. The van der Waals surface area contributed by atoms with Gasteiger partial charge < -0.3 is 10.1 Å². The van der Waals surface area contributed by atoms with E-state index in [-0.39, 0.29) is 6.61 Å². The van der Waals surface area contributed by atoms with Crippen LogP contribution < -0.4 is 16.3 Å². The lowest BCUT2D eigenvalue weighted by atomic mass is 9.97. The van der Waals surface area contributed by atoms with Crippen molar-refractivity contribution in [2.24, 2.45) is 0 Å². The first-order valence-corrected chi connectivity index (χ1v) is 9.83. The Bertz CT molecular complexity index is 1130. The van der Waals surface area contributed by atoms with Crippen molar-refractivity contribution in [3.8, 4) is 0 Å². The highest BCUT2D eigenvalue weighted by molar-refractivity contribution is 6.30. The number of rotatable bonds is 7. The number of nitrogens with zero attached hydrogens (tertiary/aromatic N) is 1.